The maximum absolute atomic E-state index is 11.2. The van der Waals surface area contributed by atoms with E-state index in [0.717, 1.165) is 6.42 Å². The van der Waals surface area contributed by atoms with Crippen molar-refractivity contribution in [3.05, 3.63) is 0 Å². The Kier molecular flexibility index (Phi) is 3.63. The van der Waals surface area contributed by atoms with E-state index in [1.165, 1.54) is 25.7 Å². The predicted molar refractivity (Wildman–Crippen MR) is 64.8 cm³/mol. The minimum Gasteiger partial charge on any atom is -0.300 e. The fourth-order valence-corrected chi connectivity index (χ4v) is 2.76. The molecule has 2 unspecified atom stereocenters. The van der Waals surface area contributed by atoms with Gasteiger partial charge in [-0.05, 0) is 43.4 Å². The summed E-state index contributed by atoms with van der Waals surface area (Å²) in [6.07, 6.45) is 6.32. The van der Waals surface area contributed by atoms with Crippen LogP contribution in [0.1, 0.15) is 66.7 Å². The van der Waals surface area contributed by atoms with Gasteiger partial charge in [-0.2, -0.15) is 0 Å². The molecule has 0 N–H and O–H groups in total. The van der Waals surface area contributed by atoms with Crippen molar-refractivity contribution in [1.29, 1.82) is 0 Å². The van der Waals surface area contributed by atoms with Crippen LogP contribution in [0, 0.1) is 16.7 Å². The lowest BCUT2D eigenvalue weighted by Gasteiger charge is -2.39. The fourth-order valence-electron chi connectivity index (χ4n) is 2.76. The van der Waals surface area contributed by atoms with Crippen molar-refractivity contribution < 1.29 is 4.79 Å². The zero-order valence-electron chi connectivity index (χ0n) is 11.0. The minimum atomic E-state index is 0.248. The summed E-state index contributed by atoms with van der Waals surface area (Å²) in [6.45, 7) is 11.0. The first-order valence-electron chi connectivity index (χ1n) is 6.29. The molecule has 0 aromatic rings. The molecule has 0 heterocycles. The summed E-state index contributed by atoms with van der Waals surface area (Å²) in [7, 11) is 0. The van der Waals surface area contributed by atoms with E-state index in [-0.39, 0.29) is 5.92 Å². The molecular weight excluding hydrogens is 184 g/mol. The first kappa shape index (κ1) is 12.7. The molecule has 15 heavy (non-hydrogen) atoms. The van der Waals surface area contributed by atoms with Gasteiger partial charge in [-0.15, -0.1) is 0 Å². The molecule has 0 radical (unpaired) electrons. The largest absolute Gasteiger partial charge is 0.300 e. The molecule has 0 bridgehead atoms. The molecule has 0 amide bonds. The Balaban J connectivity index is 2.54. The molecule has 1 heteroatoms. The van der Waals surface area contributed by atoms with Gasteiger partial charge in [0.15, 0.2) is 0 Å². The van der Waals surface area contributed by atoms with Gasteiger partial charge < -0.3 is 0 Å². The maximum atomic E-state index is 11.2. The van der Waals surface area contributed by atoms with E-state index in [2.05, 4.69) is 27.7 Å². The fraction of sp³-hybridized carbons (Fsp3) is 0.929. The third kappa shape index (κ3) is 2.62. The van der Waals surface area contributed by atoms with Crippen LogP contribution in [0.2, 0.25) is 0 Å². The van der Waals surface area contributed by atoms with Crippen molar-refractivity contribution in [3.63, 3.8) is 0 Å². The molecule has 1 nitrogen and oxygen atoms in total. The van der Waals surface area contributed by atoms with Crippen LogP contribution in [0.3, 0.4) is 0 Å². The molecule has 0 spiro atoms. The lowest BCUT2D eigenvalue weighted by molar-refractivity contribution is -0.120. The Hall–Kier alpha value is -0.330. The Bertz CT molecular complexity index is 242. The average molecular weight is 210 g/mol. The monoisotopic (exact) mass is 210 g/mol. The Morgan fingerprint density at radius 3 is 2.27 bits per heavy atom. The number of hydrogen-bond donors (Lipinski definition) is 0. The van der Waals surface area contributed by atoms with Crippen LogP contribution in [0.25, 0.3) is 0 Å². The zero-order chi connectivity index (χ0) is 11.7. The van der Waals surface area contributed by atoms with E-state index in [9.17, 15) is 4.79 Å². The standard InChI is InChI=1S/C14H26O/c1-11(12(2)15)7-10-14(5)9-6-8-13(14,3)4/h11H,6-10H2,1-5H3. The van der Waals surface area contributed by atoms with Crippen molar-refractivity contribution in [1.82, 2.24) is 0 Å². The Morgan fingerprint density at radius 1 is 1.27 bits per heavy atom. The normalized spacial score (nSPS) is 31.5. The molecule has 1 fully saturated rings. The Labute approximate surface area is 94.6 Å². The van der Waals surface area contributed by atoms with E-state index in [1.807, 2.05) is 0 Å². The number of ketones is 1. The second-order valence-electron chi connectivity index (χ2n) is 6.35. The quantitative estimate of drug-likeness (QED) is 0.679. The summed E-state index contributed by atoms with van der Waals surface area (Å²) in [6, 6.07) is 0. The first-order chi connectivity index (χ1) is 6.78. The molecule has 1 rings (SSSR count). The summed E-state index contributed by atoms with van der Waals surface area (Å²) < 4.78 is 0. The third-order valence-electron chi connectivity index (χ3n) is 4.99. The highest BCUT2D eigenvalue weighted by Crippen LogP contribution is 2.55. The summed E-state index contributed by atoms with van der Waals surface area (Å²) in [5.74, 6) is 0.590. The van der Waals surface area contributed by atoms with Crippen molar-refractivity contribution in [2.24, 2.45) is 16.7 Å². The molecular formula is C14H26O. The van der Waals surface area contributed by atoms with Gasteiger partial charge in [0.2, 0.25) is 0 Å². The summed E-state index contributed by atoms with van der Waals surface area (Å²) in [4.78, 5) is 11.2. The van der Waals surface area contributed by atoms with Crippen molar-refractivity contribution >= 4 is 5.78 Å². The zero-order valence-corrected chi connectivity index (χ0v) is 11.0. The van der Waals surface area contributed by atoms with Gasteiger partial charge in [0.1, 0.15) is 5.78 Å². The van der Waals surface area contributed by atoms with Crippen molar-refractivity contribution in [3.8, 4) is 0 Å². The van der Waals surface area contributed by atoms with E-state index in [1.54, 1.807) is 6.92 Å². The van der Waals surface area contributed by atoms with E-state index >= 15 is 0 Å². The van der Waals surface area contributed by atoms with Gasteiger partial charge in [0.05, 0.1) is 0 Å². The van der Waals surface area contributed by atoms with Gasteiger partial charge in [-0.1, -0.05) is 34.1 Å². The van der Waals surface area contributed by atoms with Gasteiger partial charge in [-0.25, -0.2) is 0 Å². The topological polar surface area (TPSA) is 17.1 Å². The lowest BCUT2D eigenvalue weighted by atomic mass is 9.66. The minimum absolute atomic E-state index is 0.248. The molecule has 1 aliphatic carbocycles. The van der Waals surface area contributed by atoms with E-state index in [4.69, 9.17) is 0 Å². The van der Waals surface area contributed by atoms with Crippen LogP contribution in [0.4, 0.5) is 0 Å². The lowest BCUT2D eigenvalue weighted by Crippen LogP contribution is -2.30. The number of rotatable bonds is 4. The van der Waals surface area contributed by atoms with Crippen LogP contribution in [0.15, 0.2) is 0 Å². The van der Waals surface area contributed by atoms with Gasteiger partial charge in [0.25, 0.3) is 0 Å². The molecule has 1 aliphatic rings. The average Bonchev–Trinajstić information content (AvgIpc) is 2.38. The molecule has 0 aliphatic heterocycles. The highest BCUT2D eigenvalue weighted by molar-refractivity contribution is 5.77. The highest BCUT2D eigenvalue weighted by atomic mass is 16.1. The third-order valence-corrected chi connectivity index (χ3v) is 4.99. The second-order valence-corrected chi connectivity index (χ2v) is 6.35. The molecule has 0 aromatic carbocycles. The second kappa shape index (κ2) is 4.27. The number of Topliss-reactive ketones (excluding diaryl/α,β-unsaturated/α-hetero) is 1. The SMILES string of the molecule is CC(=O)C(C)CCC1(C)CCCC1(C)C. The molecule has 88 valence electrons. The van der Waals surface area contributed by atoms with Crippen molar-refractivity contribution in [2.75, 3.05) is 0 Å². The van der Waals surface area contributed by atoms with Crippen LogP contribution < -0.4 is 0 Å². The summed E-state index contributed by atoms with van der Waals surface area (Å²) in [5, 5.41) is 0. The number of hydrogen-bond acceptors (Lipinski definition) is 1. The van der Waals surface area contributed by atoms with Crippen LogP contribution in [-0.2, 0) is 4.79 Å². The smallest absolute Gasteiger partial charge is 0.132 e. The van der Waals surface area contributed by atoms with E-state index < -0.39 is 0 Å². The van der Waals surface area contributed by atoms with Crippen LogP contribution in [-0.4, -0.2) is 5.78 Å². The predicted octanol–water partition coefficient (Wildman–Crippen LogP) is 4.21. The highest BCUT2D eigenvalue weighted by Gasteiger charge is 2.44. The Morgan fingerprint density at radius 2 is 1.87 bits per heavy atom. The van der Waals surface area contributed by atoms with Gasteiger partial charge >= 0.3 is 0 Å². The summed E-state index contributed by atoms with van der Waals surface area (Å²) in [5.41, 5.74) is 0.917. The molecule has 0 saturated heterocycles. The van der Waals surface area contributed by atoms with Crippen LogP contribution >= 0.6 is 0 Å². The number of carbonyl (C=O) groups is 1. The molecule has 0 aromatic heterocycles. The molecule has 2 atom stereocenters. The van der Waals surface area contributed by atoms with Gasteiger partial charge in [0, 0.05) is 5.92 Å². The van der Waals surface area contributed by atoms with Crippen LogP contribution in [0.5, 0.6) is 0 Å². The summed E-state index contributed by atoms with van der Waals surface area (Å²) >= 11 is 0. The van der Waals surface area contributed by atoms with E-state index in [0.29, 0.717) is 16.6 Å². The van der Waals surface area contributed by atoms with Gasteiger partial charge in [-0.3, -0.25) is 4.79 Å². The molecule has 1 saturated carbocycles. The first-order valence-corrected chi connectivity index (χ1v) is 6.29. The maximum Gasteiger partial charge on any atom is 0.132 e. The van der Waals surface area contributed by atoms with Crippen molar-refractivity contribution in [2.45, 2.75) is 66.7 Å². The number of carbonyl (C=O) groups excluding carboxylic acids is 1.